The molecule has 6 heteroatoms. The SMILES string of the molecule is Cc1ccc(S(=O)(=O)SCCO[Si](C)(C)CC(C)C)cc1. The van der Waals surface area contributed by atoms with Crippen LogP contribution in [0.2, 0.25) is 19.1 Å². The first kappa shape index (κ1) is 18.7. The van der Waals surface area contributed by atoms with Crippen molar-refractivity contribution in [2.24, 2.45) is 5.92 Å². The normalized spacial score (nSPS) is 12.9. The Bertz CT molecular complexity index is 537. The van der Waals surface area contributed by atoms with Crippen molar-refractivity contribution in [1.29, 1.82) is 0 Å². The van der Waals surface area contributed by atoms with E-state index in [1.54, 1.807) is 12.1 Å². The molecule has 1 rings (SSSR count). The molecule has 0 amide bonds. The number of hydrogen-bond donors (Lipinski definition) is 0. The summed E-state index contributed by atoms with van der Waals surface area (Å²) in [6, 6.07) is 8.07. The van der Waals surface area contributed by atoms with E-state index in [0.29, 0.717) is 23.2 Å². The van der Waals surface area contributed by atoms with Crippen LogP contribution in [0.3, 0.4) is 0 Å². The lowest BCUT2D eigenvalue weighted by molar-refractivity contribution is 0.328. The van der Waals surface area contributed by atoms with Gasteiger partial charge in [0.25, 0.3) is 0 Å². The van der Waals surface area contributed by atoms with Crippen LogP contribution < -0.4 is 0 Å². The van der Waals surface area contributed by atoms with Gasteiger partial charge in [0.1, 0.15) is 0 Å². The zero-order chi connectivity index (χ0) is 16.1. The van der Waals surface area contributed by atoms with Gasteiger partial charge < -0.3 is 4.43 Å². The summed E-state index contributed by atoms with van der Waals surface area (Å²) in [5.74, 6) is 1.10. The van der Waals surface area contributed by atoms with E-state index in [1.807, 2.05) is 19.1 Å². The molecule has 0 aliphatic carbocycles. The van der Waals surface area contributed by atoms with Gasteiger partial charge in [-0.1, -0.05) is 31.5 Å². The molecule has 0 spiro atoms. The first-order valence-corrected chi connectivity index (χ1v) is 13.3. The largest absolute Gasteiger partial charge is 0.416 e. The summed E-state index contributed by atoms with van der Waals surface area (Å²) in [5, 5.41) is 0. The summed E-state index contributed by atoms with van der Waals surface area (Å²) in [4.78, 5) is 0.372. The highest BCUT2D eigenvalue weighted by molar-refractivity contribution is 8.72. The second kappa shape index (κ2) is 7.81. The zero-order valence-electron chi connectivity index (χ0n) is 13.5. The first-order chi connectivity index (χ1) is 9.62. The maximum absolute atomic E-state index is 12.2. The minimum absolute atomic E-state index is 0.372. The third kappa shape index (κ3) is 6.99. The minimum atomic E-state index is -3.27. The van der Waals surface area contributed by atoms with Crippen LogP contribution in [0.4, 0.5) is 0 Å². The highest BCUT2D eigenvalue weighted by atomic mass is 33.1. The van der Waals surface area contributed by atoms with Crippen molar-refractivity contribution >= 4 is 28.0 Å². The van der Waals surface area contributed by atoms with E-state index in [-0.39, 0.29) is 0 Å². The molecule has 0 bridgehead atoms. The molecule has 0 saturated heterocycles. The van der Waals surface area contributed by atoms with Crippen LogP contribution in [0.15, 0.2) is 29.2 Å². The maximum atomic E-state index is 12.2. The van der Waals surface area contributed by atoms with E-state index in [2.05, 4.69) is 26.9 Å². The van der Waals surface area contributed by atoms with Crippen LogP contribution in [0.1, 0.15) is 19.4 Å². The second-order valence-electron chi connectivity index (χ2n) is 6.30. The van der Waals surface area contributed by atoms with Gasteiger partial charge in [0.05, 0.1) is 4.90 Å². The summed E-state index contributed by atoms with van der Waals surface area (Å²) < 4.78 is 30.3. The molecule has 0 heterocycles. The van der Waals surface area contributed by atoms with Crippen molar-refractivity contribution in [2.45, 2.75) is 44.8 Å². The van der Waals surface area contributed by atoms with Crippen molar-refractivity contribution in [1.82, 2.24) is 0 Å². The van der Waals surface area contributed by atoms with Crippen LogP contribution in [-0.2, 0) is 13.3 Å². The molecule has 3 nitrogen and oxygen atoms in total. The molecule has 21 heavy (non-hydrogen) atoms. The monoisotopic (exact) mass is 346 g/mol. The predicted molar refractivity (Wildman–Crippen MR) is 93.9 cm³/mol. The van der Waals surface area contributed by atoms with E-state index >= 15 is 0 Å². The Morgan fingerprint density at radius 3 is 2.29 bits per heavy atom. The van der Waals surface area contributed by atoms with Crippen LogP contribution in [0.25, 0.3) is 0 Å². The van der Waals surface area contributed by atoms with Crippen molar-refractivity contribution < 1.29 is 12.8 Å². The number of rotatable bonds is 8. The quantitative estimate of drug-likeness (QED) is 0.400. The van der Waals surface area contributed by atoms with E-state index in [4.69, 9.17) is 4.43 Å². The van der Waals surface area contributed by atoms with Gasteiger partial charge in [-0.2, -0.15) is 0 Å². The van der Waals surface area contributed by atoms with Crippen molar-refractivity contribution in [3.63, 3.8) is 0 Å². The molecule has 0 N–H and O–H groups in total. The van der Waals surface area contributed by atoms with Crippen molar-refractivity contribution in [2.75, 3.05) is 12.4 Å². The first-order valence-electron chi connectivity index (χ1n) is 7.22. The average Bonchev–Trinajstić information content (AvgIpc) is 2.34. The Morgan fingerprint density at radius 2 is 1.76 bits per heavy atom. The van der Waals surface area contributed by atoms with Gasteiger partial charge in [0, 0.05) is 12.4 Å². The molecule has 0 atom stereocenters. The van der Waals surface area contributed by atoms with Crippen LogP contribution >= 0.6 is 10.8 Å². The lowest BCUT2D eigenvalue weighted by Gasteiger charge is -2.24. The third-order valence-electron chi connectivity index (χ3n) is 3.02. The van der Waals surface area contributed by atoms with Crippen LogP contribution in [0.5, 0.6) is 0 Å². The van der Waals surface area contributed by atoms with Gasteiger partial charge in [-0.15, -0.1) is 0 Å². The van der Waals surface area contributed by atoms with E-state index < -0.39 is 17.2 Å². The number of benzene rings is 1. The Morgan fingerprint density at radius 1 is 1.19 bits per heavy atom. The van der Waals surface area contributed by atoms with Crippen LogP contribution in [0, 0.1) is 12.8 Å². The van der Waals surface area contributed by atoms with Crippen LogP contribution in [-0.4, -0.2) is 29.1 Å². The molecule has 1 aromatic carbocycles. The molecule has 0 aliphatic rings. The van der Waals surface area contributed by atoms with Gasteiger partial charge in [-0.05, 0) is 54.9 Å². The summed E-state index contributed by atoms with van der Waals surface area (Å²) in [7, 11) is -3.96. The molecule has 0 radical (unpaired) electrons. The summed E-state index contributed by atoms with van der Waals surface area (Å²) >= 11 is 0. The summed E-state index contributed by atoms with van der Waals surface area (Å²) in [6.45, 7) is 11.2. The fourth-order valence-corrected chi connectivity index (χ4v) is 7.74. The lowest BCUT2D eigenvalue weighted by atomic mass is 10.2. The fourth-order valence-electron chi connectivity index (χ4n) is 2.28. The van der Waals surface area contributed by atoms with Gasteiger partial charge in [0.2, 0.25) is 8.87 Å². The van der Waals surface area contributed by atoms with E-state index in [9.17, 15) is 8.42 Å². The maximum Gasteiger partial charge on any atom is 0.230 e. The standard InChI is InChI=1S/C15H26O3S2Si/c1-13(2)12-21(4,5)18-10-11-19-20(16,17)15-8-6-14(3)7-9-15/h6-9,13H,10-12H2,1-5H3. The van der Waals surface area contributed by atoms with E-state index in [0.717, 1.165) is 22.4 Å². The Kier molecular flexibility index (Phi) is 6.97. The van der Waals surface area contributed by atoms with Crippen molar-refractivity contribution in [3.8, 4) is 0 Å². The summed E-state index contributed by atoms with van der Waals surface area (Å²) in [6.07, 6.45) is 0. The highest BCUT2D eigenvalue weighted by Gasteiger charge is 2.24. The number of aryl methyl sites for hydroxylation is 1. The molecule has 0 aromatic heterocycles. The Balaban J connectivity index is 2.46. The van der Waals surface area contributed by atoms with Gasteiger partial charge >= 0.3 is 0 Å². The van der Waals surface area contributed by atoms with E-state index in [1.165, 1.54) is 0 Å². The minimum Gasteiger partial charge on any atom is -0.416 e. The zero-order valence-corrected chi connectivity index (χ0v) is 16.2. The molecule has 0 saturated carbocycles. The molecule has 0 fully saturated rings. The van der Waals surface area contributed by atoms with Crippen molar-refractivity contribution in [3.05, 3.63) is 29.8 Å². The second-order valence-corrected chi connectivity index (χ2v) is 14.6. The number of hydrogen-bond acceptors (Lipinski definition) is 4. The average molecular weight is 347 g/mol. The summed E-state index contributed by atoms with van der Waals surface area (Å²) in [5.41, 5.74) is 1.06. The molecule has 0 aliphatic heterocycles. The Labute approximate surface area is 133 Å². The highest BCUT2D eigenvalue weighted by Crippen LogP contribution is 2.24. The molecule has 120 valence electrons. The molecule has 0 unspecified atom stereocenters. The molecule has 1 aromatic rings. The fraction of sp³-hybridized carbons (Fsp3) is 0.600. The van der Waals surface area contributed by atoms with Gasteiger partial charge in [-0.25, -0.2) is 8.42 Å². The predicted octanol–water partition coefficient (Wildman–Crippen LogP) is 4.29. The van der Waals surface area contributed by atoms with Gasteiger partial charge in [0.15, 0.2) is 8.32 Å². The molecular weight excluding hydrogens is 320 g/mol. The lowest BCUT2D eigenvalue weighted by Crippen LogP contribution is -2.32. The Hall–Kier alpha value is -0.303. The third-order valence-corrected chi connectivity index (χ3v) is 9.31. The smallest absolute Gasteiger partial charge is 0.230 e. The molecular formula is C15H26O3S2Si. The van der Waals surface area contributed by atoms with Gasteiger partial charge in [-0.3, -0.25) is 0 Å². The topological polar surface area (TPSA) is 43.4 Å².